The number of anilines is 1. The minimum atomic E-state index is -0.419. The van der Waals surface area contributed by atoms with Crippen LogP contribution in [0.3, 0.4) is 0 Å². The number of fused-ring (bicyclic) bond motifs is 4. The van der Waals surface area contributed by atoms with Crippen molar-refractivity contribution in [1.82, 2.24) is 24.4 Å². The molecular weight excluding hydrogens is 492 g/mol. The second-order valence-electron chi connectivity index (χ2n) is 10.2. The van der Waals surface area contributed by atoms with Crippen LogP contribution in [-0.4, -0.2) is 56.5 Å². The topological polar surface area (TPSA) is 93.5 Å². The smallest absolute Gasteiger partial charge is 0.355 e. The molecule has 0 aliphatic carbocycles. The molecule has 0 bridgehead atoms. The zero-order valence-electron chi connectivity index (χ0n) is 22.3. The fraction of sp³-hybridized carbons (Fsp3) is 0.300. The highest BCUT2D eigenvalue weighted by molar-refractivity contribution is 5.93. The quantitative estimate of drug-likeness (QED) is 0.374. The highest BCUT2D eigenvalue weighted by atomic mass is 16.5. The minimum absolute atomic E-state index is 0.0821. The van der Waals surface area contributed by atoms with Crippen LogP contribution in [0.5, 0.6) is 5.75 Å². The van der Waals surface area contributed by atoms with E-state index < -0.39 is 5.69 Å². The molecular formula is C30H30N6O3. The number of hydrogen-bond acceptors (Lipinski definition) is 7. The lowest BCUT2D eigenvalue weighted by atomic mass is 10.0. The maximum Gasteiger partial charge on any atom is 0.355 e. The van der Waals surface area contributed by atoms with Crippen LogP contribution in [0.2, 0.25) is 0 Å². The van der Waals surface area contributed by atoms with Gasteiger partial charge in [-0.1, -0.05) is 44.7 Å². The zero-order valence-corrected chi connectivity index (χ0v) is 22.3. The van der Waals surface area contributed by atoms with Crippen LogP contribution in [0.4, 0.5) is 5.82 Å². The van der Waals surface area contributed by atoms with E-state index in [1.807, 2.05) is 48.2 Å². The Kier molecular flexibility index (Phi) is 6.13. The van der Waals surface area contributed by atoms with Crippen molar-refractivity contribution in [1.29, 1.82) is 0 Å². The van der Waals surface area contributed by atoms with Crippen LogP contribution in [-0.2, 0) is 11.4 Å². The minimum Gasteiger partial charge on any atom is -0.487 e. The molecule has 1 fully saturated rings. The van der Waals surface area contributed by atoms with Gasteiger partial charge in [0.05, 0.1) is 16.8 Å². The van der Waals surface area contributed by atoms with E-state index in [1.54, 1.807) is 15.7 Å². The summed E-state index contributed by atoms with van der Waals surface area (Å²) in [5.41, 5.74) is 5.25. The number of nitrogens with zero attached hydrogens (tertiary/aromatic N) is 6. The Morgan fingerprint density at radius 3 is 2.62 bits per heavy atom. The lowest BCUT2D eigenvalue weighted by molar-refractivity contribution is -0.126. The number of carbonyl (C=O) groups excluding carboxylic acids is 1. The lowest BCUT2D eigenvalue weighted by Crippen LogP contribution is -2.49. The fourth-order valence-electron chi connectivity index (χ4n) is 5.44. The third kappa shape index (κ3) is 4.14. The van der Waals surface area contributed by atoms with Gasteiger partial charge in [0, 0.05) is 37.9 Å². The molecule has 2 aliphatic rings. The number of benzene rings is 1. The van der Waals surface area contributed by atoms with E-state index in [0.717, 1.165) is 22.4 Å². The Morgan fingerprint density at radius 1 is 1.10 bits per heavy atom. The molecule has 0 saturated carbocycles. The van der Waals surface area contributed by atoms with Crippen LogP contribution in [0.25, 0.3) is 28.0 Å². The first-order valence-electron chi connectivity index (χ1n) is 13.2. The van der Waals surface area contributed by atoms with Gasteiger partial charge in [0.15, 0.2) is 5.65 Å². The number of amides is 1. The van der Waals surface area contributed by atoms with Crippen molar-refractivity contribution < 1.29 is 9.53 Å². The van der Waals surface area contributed by atoms with Crippen molar-refractivity contribution in [2.24, 2.45) is 0 Å². The number of carbonyl (C=O) groups is 1. The molecule has 1 amide bonds. The molecule has 9 heteroatoms. The largest absolute Gasteiger partial charge is 0.487 e. The van der Waals surface area contributed by atoms with Gasteiger partial charge in [-0.25, -0.2) is 14.3 Å². The van der Waals surface area contributed by atoms with Crippen LogP contribution in [0.1, 0.15) is 36.6 Å². The summed E-state index contributed by atoms with van der Waals surface area (Å²) < 4.78 is 7.76. The molecule has 0 N–H and O–H groups in total. The van der Waals surface area contributed by atoms with Crippen LogP contribution < -0.4 is 15.3 Å². The molecule has 1 aromatic carbocycles. The average molecular weight is 523 g/mol. The molecule has 0 radical (unpaired) electrons. The molecule has 1 saturated heterocycles. The van der Waals surface area contributed by atoms with E-state index in [2.05, 4.69) is 30.4 Å². The van der Waals surface area contributed by atoms with E-state index in [0.29, 0.717) is 66.8 Å². The molecule has 9 nitrogen and oxygen atoms in total. The van der Waals surface area contributed by atoms with Gasteiger partial charge in [-0.2, -0.15) is 4.98 Å². The molecule has 6 rings (SSSR count). The summed E-state index contributed by atoms with van der Waals surface area (Å²) >= 11 is 0. The Labute approximate surface area is 226 Å². The van der Waals surface area contributed by atoms with Crippen molar-refractivity contribution in [3.63, 3.8) is 0 Å². The third-order valence-electron chi connectivity index (χ3n) is 7.46. The molecule has 2 aliphatic heterocycles. The van der Waals surface area contributed by atoms with E-state index >= 15 is 0 Å². The summed E-state index contributed by atoms with van der Waals surface area (Å²) in [5.74, 6) is 1.18. The second-order valence-corrected chi connectivity index (χ2v) is 10.2. The van der Waals surface area contributed by atoms with Crippen LogP contribution in [0, 0.1) is 6.92 Å². The van der Waals surface area contributed by atoms with Crippen molar-refractivity contribution in [2.75, 3.05) is 31.1 Å². The molecule has 198 valence electrons. The van der Waals surface area contributed by atoms with Gasteiger partial charge in [0.25, 0.3) is 0 Å². The predicted molar refractivity (Wildman–Crippen MR) is 151 cm³/mol. The number of ether oxygens (including phenoxy) is 1. The Balaban J connectivity index is 1.61. The van der Waals surface area contributed by atoms with Gasteiger partial charge < -0.3 is 14.5 Å². The van der Waals surface area contributed by atoms with Crippen LogP contribution >= 0.6 is 0 Å². The molecule has 0 atom stereocenters. The number of piperazine rings is 1. The number of aryl methyl sites for hydroxylation is 1. The number of aromatic nitrogens is 4. The molecule has 0 spiro atoms. The second kappa shape index (κ2) is 9.65. The van der Waals surface area contributed by atoms with Crippen molar-refractivity contribution in [2.45, 2.75) is 33.3 Å². The Bertz CT molecular complexity index is 1680. The fourth-order valence-corrected chi connectivity index (χ4v) is 5.44. The number of hydrogen-bond donors (Lipinski definition) is 0. The van der Waals surface area contributed by atoms with Gasteiger partial charge in [-0.3, -0.25) is 9.78 Å². The standard InChI is InChI=1S/C30H30N6O3/c1-5-24(37)34-12-14-35(15-13-34)28-22-16-23-26(21-9-7-6-8-20(21)17-39-23)32-29(22)36(30(38)33-28)27-19(4)10-11-31-25(27)18(2)3/h5-11,16,18H,1,12-15,17H2,2-4H3. The summed E-state index contributed by atoms with van der Waals surface area (Å²) in [6.07, 6.45) is 3.10. The molecule has 0 unspecified atom stereocenters. The predicted octanol–water partition coefficient (Wildman–Crippen LogP) is 4.00. The summed E-state index contributed by atoms with van der Waals surface area (Å²) in [6, 6.07) is 11.9. The SMILES string of the molecule is C=CC(=O)N1CCN(c2nc(=O)n(-c3c(C)ccnc3C(C)C)c3nc4c(cc23)OCc2ccccc2-4)CC1. The average Bonchev–Trinajstić information content (AvgIpc) is 2.96. The maximum atomic E-state index is 13.9. The molecule has 4 aromatic rings. The van der Waals surface area contributed by atoms with Gasteiger partial charge in [-0.15, -0.1) is 0 Å². The Hall–Kier alpha value is -4.53. The van der Waals surface area contributed by atoms with Gasteiger partial charge in [-0.05, 0) is 42.2 Å². The first kappa shape index (κ1) is 24.8. The Morgan fingerprint density at radius 2 is 1.87 bits per heavy atom. The zero-order chi connectivity index (χ0) is 27.3. The van der Waals surface area contributed by atoms with Gasteiger partial charge in [0.2, 0.25) is 5.91 Å². The monoisotopic (exact) mass is 522 g/mol. The lowest BCUT2D eigenvalue weighted by Gasteiger charge is -2.35. The van der Waals surface area contributed by atoms with Gasteiger partial charge >= 0.3 is 5.69 Å². The van der Waals surface area contributed by atoms with Crippen molar-refractivity contribution in [3.05, 3.63) is 82.6 Å². The van der Waals surface area contributed by atoms with Gasteiger partial charge in [0.1, 0.15) is 23.9 Å². The highest BCUT2D eigenvalue weighted by Crippen LogP contribution is 2.40. The highest BCUT2D eigenvalue weighted by Gasteiger charge is 2.28. The van der Waals surface area contributed by atoms with Crippen LogP contribution in [0.15, 0.2) is 60.0 Å². The first-order chi connectivity index (χ1) is 18.9. The first-order valence-corrected chi connectivity index (χ1v) is 13.2. The van der Waals surface area contributed by atoms with E-state index in [9.17, 15) is 9.59 Å². The van der Waals surface area contributed by atoms with E-state index in [-0.39, 0.29) is 11.8 Å². The number of pyridine rings is 2. The molecule has 5 heterocycles. The maximum absolute atomic E-state index is 13.9. The summed E-state index contributed by atoms with van der Waals surface area (Å²) in [4.78, 5) is 44.2. The molecule has 39 heavy (non-hydrogen) atoms. The molecule has 3 aromatic heterocycles. The van der Waals surface area contributed by atoms with E-state index in [4.69, 9.17) is 9.72 Å². The number of rotatable bonds is 4. The summed E-state index contributed by atoms with van der Waals surface area (Å²) in [5, 5.41) is 0.717. The van der Waals surface area contributed by atoms with Crippen molar-refractivity contribution in [3.8, 4) is 22.7 Å². The van der Waals surface area contributed by atoms with E-state index in [1.165, 1.54) is 6.08 Å². The third-order valence-corrected chi connectivity index (χ3v) is 7.46. The summed E-state index contributed by atoms with van der Waals surface area (Å²) in [7, 11) is 0. The normalized spacial score (nSPS) is 14.7. The summed E-state index contributed by atoms with van der Waals surface area (Å²) in [6.45, 7) is 12.2. The van der Waals surface area contributed by atoms with Crippen molar-refractivity contribution >= 4 is 22.8 Å².